The summed E-state index contributed by atoms with van der Waals surface area (Å²) in [4.78, 5) is 12.3. The number of carbonyl (C=O) groups is 1. The smallest absolute Gasteiger partial charge is 0.254 e. The van der Waals surface area contributed by atoms with Crippen LogP contribution in [0.15, 0.2) is 53.7 Å². The van der Waals surface area contributed by atoms with Gasteiger partial charge in [-0.2, -0.15) is 0 Å². The van der Waals surface area contributed by atoms with Crippen LogP contribution in [0, 0.1) is 12.7 Å². The minimum atomic E-state index is -0.547. The van der Waals surface area contributed by atoms with Gasteiger partial charge in [0, 0.05) is 12.8 Å². The molecule has 0 aliphatic heterocycles. The van der Waals surface area contributed by atoms with Crippen LogP contribution in [0.5, 0.6) is 0 Å². The maximum Gasteiger partial charge on any atom is 0.254 e. The summed E-state index contributed by atoms with van der Waals surface area (Å²) in [5.74, 6) is 0.377. The van der Waals surface area contributed by atoms with Gasteiger partial charge in [0.15, 0.2) is 11.0 Å². The van der Waals surface area contributed by atoms with Gasteiger partial charge in [0.25, 0.3) is 5.91 Å². The fourth-order valence-corrected chi connectivity index (χ4v) is 3.62. The largest absolute Gasteiger partial charge is 0.342 e. The zero-order chi connectivity index (χ0) is 19.4. The number of nitrogens with zero attached hydrogens (tertiary/aromatic N) is 3. The van der Waals surface area contributed by atoms with E-state index >= 15 is 0 Å². The topological polar surface area (TPSA) is 59.8 Å². The predicted molar refractivity (Wildman–Crippen MR) is 104 cm³/mol. The summed E-state index contributed by atoms with van der Waals surface area (Å²) >= 11 is 1.58. The Bertz CT molecular complexity index is 957. The van der Waals surface area contributed by atoms with Gasteiger partial charge >= 0.3 is 0 Å². The van der Waals surface area contributed by atoms with Gasteiger partial charge in [-0.15, -0.1) is 10.2 Å². The van der Waals surface area contributed by atoms with Crippen LogP contribution in [0.25, 0.3) is 0 Å². The van der Waals surface area contributed by atoms with Gasteiger partial charge in [-0.25, -0.2) is 4.39 Å². The highest BCUT2D eigenvalue weighted by Gasteiger charge is 2.19. The molecule has 0 aliphatic carbocycles. The van der Waals surface area contributed by atoms with E-state index in [2.05, 4.69) is 40.6 Å². The van der Waals surface area contributed by atoms with Crippen molar-refractivity contribution in [3.05, 3.63) is 76.9 Å². The molecule has 3 rings (SSSR count). The average Bonchev–Trinajstić information content (AvgIpc) is 3.01. The van der Waals surface area contributed by atoms with Gasteiger partial charge in [0.2, 0.25) is 0 Å². The van der Waals surface area contributed by atoms with Crippen molar-refractivity contribution in [1.29, 1.82) is 0 Å². The van der Waals surface area contributed by atoms with E-state index < -0.39 is 17.8 Å². The Morgan fingerprint density at radius 2 is 2.00 bits per heavy atom. The van der Waals surface area contributed by atoms with Crippen LogP contribution >= 0.6 is 11.8 Å². The van der Waals surface area contributed by atoms with Crippen LogP contribution in [0.2, 0.25) is 0 Å². The number of hydrogen-bond donors (Lipinski definition) is 1. The standard InChI is InChI=1S/C20H21FN4OS/c1-13-7-6-8-15(11-13)12-27-20-24-23-18(25(20)3)14(2)22-19(26)16-9-4-5-10-17(16)21/h4-11,14H,12H2,1-3H3,(H,22,26)/t14-/m0/s1. The van der Waals surface area contributed by atoms with Crippen LogP contribution in [0.4, 0.5) is 4.39 Å². The van der Waals surface area contributed by atoms with Crippen molar-refractivity contribution in [2.45, 2.75) is 30.8 Å². The second-order valence-electron chi connectivity index (χ2n) is 6.35. The third kappa shape index (κ3) is 4.54. The summed E-state index contributed by atoms with van der Waals surface area (Å²) in [5, 5.41) is 12.0. The van der Waals surface area contributed by atoms with Gasteiger partial charge in [-0.1, -0.05) is 53.7 Å². The first kappa shape index (κ1) is 19.1. The van der Waals surface area contributed by atoms with Crippen molar-refractivity contribution in [2.75, 3.05) is 0 Å². The van der Waals surface area contributed by atoms with Crippen LogP contribution in [0.3, 0.4) is 0 Å². The molecule has 0 saturated heterocycles. The van der Waals surface area contributed by atoms with Crippen molar-refractivity contribution < 1.29 is 9.18 Å². The fraction of sp³-hybridized carbons (Fsp3) is 0.250. The lowest BCUT2D eigenvalue weighted by atomic mass is 10.2. The number of aryl methyl sites for hydroxylation is 1. The SMILES string of the molecule is Cc1cccc(CSc2nnc([C@H](C)NC(=O)c3ccccc3F)n2C)c1. The van der Waals surface area contributed by atoms with Crippen molar-refractivity contribution >= 4 is 17.7 Å². The summed E-state index contributed by atoms with van der Waals surface area (Å²) < 4.78 is 15.6. The molecular formula is C20H21FN4OS. The van der Waals surface area contributed by atoms with E-state index in [1.807, 2.05) is 17.7 Å². The molecule has 1 amide bonds. The first-order valence-corrected chi connectivity index (χ1v) is 9.57. The van der Waals surface area contributed by atoms with Crippen LogP contribution in [-0.2, 0) is 12.8 Å². The Labute approximate surface area is 162 Å². The number of carbonyl (C=O) groups excluding carboxylic acids is 1. The molecule has 0 aliphatic rings. The zero-order valence-electron chi connectivity index (χ0n) is 15.4. The highest BCUT2D eigenvalue weighted by atomic mass is 32.2. The third-order valence-corrected chi connectivity index (χ3v) is 5.26. The molecule has 1 heterocycles. The molecule has 140 valence electrons. The maximum absolute atomic E-state index is 13.8. The van der Waals surface area contributed by atoms with E-state index in [0.29, 0.717) is 5.82 Å². The summed E-state index contributed by atoms with van der Waals surface area (Å²) in [6.45, 7) is 3.87. The van der Waals surface area contributed by atoms with Gasteiger partial charge in [-0.3, -0.25) is 4.79 Å². The van der Waals surface area contributed by atoms with E-state index in [4.69, 9.17) is 0 Å². The Morgan fingerprint density at radius 3 is 2.74 bits per heavy atom. The molecule has 5 nitrogen and oxygen atoms in total. The number of halogens is 1. The number of rotatable bonds is 6. The first-order chi connectivity index (χ1) is 13.0. The van der Waals surface area contributed by atoms with Crippen molar-refractivity contribution in [3.8, 4) is 0 Å². The molecule has 7 heteroatoms. The molecule has 0 bridgehead atoms. The number of amides is 1. The minimum absolute atomic E-state index is 0.0144. The Hall–Kier alpha value is -2.67. The summed E-state index contributed by atoms with van der Waals surface area (Å²) in [6.07, 6.45) is 0. The lowest BCUT2D eigenvalue weighted by Crippen LogP contribution is -2.29. The van der Waals surface area contributed by atoms with E-state index in [1.165, 1.54) is 23.3 Å². The third-order valence-electron chi connectivity index (χ3n) is 4.17. The lowest BCUT2D eigenvalue weighted by Gasteiger charge is -2.14. The van der Waals surface area contributed by atoms with Gasteiger partial charge in [-0.05, 0) is 31.5 Å². The predicted octanol–water partition coefficient (Wildman–Crippen LogP) is 4.05. The molecule has 1 N–H and O–H groups in total. The summed E-state index contributed by atoms with van der Waals surface area (Å²) in [5.41, 5.74) is 2.45. The van der Waals surface area contributed by atoms with Crippen LogP contribution in [0.1, 0.15) is 40.3 Å². The zero-order valence-corrected chi connectivity index (χ0v) is 16.3. The second-order valence-corrected chi connectivity index (χ2v) is 7.30. The number of benzene rings is 2. The van der Waals surface area contributed by atoms with E-state index in [-0.39, 0.29) is 5.56 Å². The van der Waals surface area contributed by atoms with Gasteiger partial charge < -0.3 is 9.88 Å². The quantitative estimate of drug-likeness (QED) is 0.652. The summed E-state index contributed by atoms with van der Waals surface area (Å²) in [7, 11) is 1.86. The molecule has 1 aromatic heterocycles. The molecule has 0 fully saturated rings. The van der Waals surface area contributed by atoms with E-state index in [1.54, 1.807) is 30.8 Å². The van der Waals surface area contributed by atoms with Crippen molar-refractivity contribution in [2.24, 2.45) is 7.05 Å². The summed E-state index contributed by atoms with van der Waals surface area (Å²) in [6, 6.07) is 13.8. The maximum atomic E-state index is 13.8. The average molecular weight is 384 g/mol. The highest BCUT2D eigenvalue weighted by molar-refractivity contribution is 7.98. The van der Waals surface area contributed by atoms with E-state index in [9.17, 15) is 9.18 Å². The Kier molecular flexibility index (Phi) is 5.91. The Morgan fingerprint density at radius 1 is 1.22 bits per heavy atom. The number of thioether (sulfide) groups is 1. The molecule has 27 heavy (non-hydrogen) atoms. The molecular weight excluding hydrogens is 363 g/mol. The highest BCUT2D eigenvalue weighted by Crippen LogP contribution is 2.23. The van der Waals surface area contributed by atoms with Gasteiger partial charge in [0.1, 0.15) is 5.82 Å². The fourth-order valence-electron chi connectivity index (χ4n) is 2.76. The molecule has 1 atom stereocenters. The number of aromatic nitrogens is 3. The molecule has 0 unspecified atom stereocenters. The van der Waals surface area contributed by atoms with Crippen molar-refractivity contribution in [3.63, 3.8) is 0 Å². The first-order valence-electron chi connectivity index (χ1n) is 8.58. The van der Waals surface area contributed by atoms with Crippen molar-refractivity contribution in [1.82, 2.24) is 20.1 Å². The van der Waals surface area contributed by atoms with Crippen LogP contribution in [-0.4, -0.2) is 20.7 Å². The molecule has 0 spiro atoms. The lowest BCUT2D eigenvalue weighted by molar-refractivity contribution is 0.0933. The molecule has 3 aromatic rings. The van der Waals surface area contributed by atoms with Crippen LogP contribution < -0.4 is 5.32 Å². The minimum Gasteiger partial charge on any atom is -0.342 e. The number of nitrogens with one attached hydrogen (secondary N) is 1. The molecule has 0 radical (unpaired) electrons. The Balaban J connectivity index is 1.67. The molecule has 0 saturated carbocycles. The monoisotopic (exact) mass is 384 g/mol. The number of hydrogen-bond acceptors (Lipinski definition) is 4. The second kappa shape index (κ2) is 8.35. The van der Waals surface area contributed by atoms with E-state index in [0.717, 1.165) is 10.9 Å². The molecule has 2 aromatic carbocycles. The normalized spacial score (nSPS) is 12.0. The van der Waals surface area contributed by atoms with Gasteiger partial charge in [0.05, 0.1) is 11.6 Å².